The van der Waals surface area contributed by atoms with Gasteiger partial charge in [-0.2, -0.15) is 0 Å². The van der Waals surface area contributed by atoms with Gasteiger partial charge >= 0.3 is 6.09 Å². The maximum Gasteiger partial charge on any atom is 0.407 e. The second-order valence-corrected chi connectivity index (χ2v) is 8.56. The highest BCUT2D eigenvalue weighted by atomic mass is 32.1. The number of thiophene rings is 1. The number of carbonyl (C=O) groups excluding carboxylic acids is 2. The maximum atomic E-state index is 12.6. The van der Waals surface area contributed by atoms with Crippen LogP contribution in [-0.2, 0) is 11.3 Å². The van der Waals surface area contributed by atoms with Crippen molar-refractivity contribution >= 4 is 29.2 Å². The average molecular weight is 441 g/mol. The molecule has 3 aromatic rings. The molecule has 0 bridgehead atoms. The van der Waals surface area contributed by atoms with E-state index in [-0.39, 0.29) is 12.5 Å². The van der Waals surface area contributed by atoms with E-state index in [9.17, 15) is 9.59 Å². The standard InChI is InChI=1S/C22H24N4O4S/c1-22(2,3)30-21(28)23-11-14-9-18(31-12-14)20(27)26-19-10-17(24-13-25-19)15-5-7-16(29-4)8-6-15/h5-10,12-13H,11H2,1-4H3,(H,23,28)(H,24,25,26,27). The highest BCUT2D eigenvalue weighted by Gasteiger charge is 2.16. The van der Waals surface area contributed by atoms with E-state index in [2.05, 4.69) is 20.6 Å². The minimum atomic E-state index is -0.564. The number of nitrogens with one attached hydrogen (secondary N) is 2. The minimum Gasteiger partial charge on any atom is -0.497 e. The third-order valence-electron chi connectivity index (χ3n) is 4.01. The Bertz CT molecular complexity index is 1060. The number of benzene rings is 1. The van der Waals surface area contributed by atoms with Crippen LogP contribution in [0.3, 0.4) is 0 Å². The number of alkyl carbamates (subject to hydrolysis) is 1. The summed E-state index contributed by atoms with van der Waals surface area (Å²) >= 11 is 1.28. The first-order valence-corrected chi connectivity index (χ1v) is 10.4. The van der Waals surface area contributed by atoms with Crippen LogP contribution in [0.4, 0.5) is 10.6 Å². The number of amides is 2. The van der Waals surface area contributed by atoms with E-state index in [1.54, 1.807) is 40.0 Å². The zero-order valence-corrected chi connectivity index (χ0v) is 18.6. The number of carbonyl (C=O) groups is 2. The molecule has 3 rings (SSSR count). The highest BCUT2D eigenvalue weighted by Crippen LogP contribution is 2.22. The van der Waals surface area contributed by atoms with E-state index in [0.29, 0.717) is 16.4 Å². The van der Waals surface area contributed by atoms with Crippen LogP contribution < -0.4 is 15.4 Å². The van der Waals surface area contributed by atoms with Crippen molar-refractivity contribution in [2.75, 3.05) is 12.4 Å². The third-order valence-corrected chi connectivity index (χ3v) is 4.99. The van der Waals surface area contributed by atoms with Crippen LogP contribution in [0.1, 0.15) is 36.0 Å². The lowest BCUT2D eigenvalue weighted by Crippen LogP contribution is -2.32. The zero-order valence-electron chi connectivity index (χ0n) is 17.8. The van der Waals surface area contributed by atoms with Crippen LogP contribution >= 0.6 is 11.3 Å². The molecule has 2 N–H and O–H groups in total. The van der Waals surface area contributed by atoms with Gasteiger partial charge in [0.1, 0.15) is 23.5 Å². The summed E-state index contributed by atoms with van der Waals surface area (Å²) in [5.41, 5.74) is 1.81. The lowest BCUT2D eigenvalue weighted by molar-refractivity contribution is 0.0523. The Kier molecular flexibility index (Phi) is 6.86. The first-order valence-electron chi connectivity index (χ1n) is 9.55. The molecule has 0 atom stereocenters. The van der Waals surface area contributed by atoms with Crippen molar-refractivity contribution in [1.29, 1.82) is 0 Å². The van der Waals surface area contributed by atoms with Gasteiger partial charge in [-0.1, -0.05) is 0 Å². The summed E-state index contributed by atoms with van der Waals surface area (Å²) in [6, 6.07) is 10.9. The number of hydrogen-bond acceptors (Lipinski definition) is 7. The van der Waals surface area contributed by atoms with Gasteiger partial charge in [-0.05, 0) is 62.0 Å². The van der Waals surface area contributed by atoms with Crippen molar-refractivity contribution in [2.45, 2.75) is 32.9 Å². The zero-order chi connectivity index (χ0) is 22.4. The molecule has 0 saturated carbocycles. The summed E-state index contributed by atoms with van der Waals surface area (Å²) in [5.74, 6) is 0.863. The lowest BCUT2D eigenvalue weighted by atomic mass is 10.1. The first-order chi connectivity index (χ1) is 14.7. The highest BCUT2D eigenvalue weighted by molar-refractivity contribution is 7.12. The molecule has 0 fully saturated rings. The van der Waals surface area contributed by atoms with E-state index in [1.165, 1.54) is 17.7 Å². The fourth-order valence-corrected chi connectivity index (χ4v) is 3.41. The molecule has 0 unspecified atom stereocenters. The molecule has 8 nitrogen and oxygen atoms in total. The molecule has 2 amide bonds. The molecule has 1 aromatic carbocycles. The second-order valence-electron chi connectivity index (χ2n) is 7.65. The third kappa shape index (κ3) is 6.51. The Morgan fingerprint density at radius 1 is 1.10 bits per heavy atom. The van der Waals surface area contributed by atoms with E-state index >= 15 is 0 Å². The number of methoxy groups -OCH3 is 1. The van der Waals surface area contributed by atoms with Gasteiger partial charge in [-0.3, -0.25) is 4.79 Å². The summed E-state index contributed by atoms with van der Waals surface area (Å²) in [6.07, 6.45) is 0.900. The Balaban J connectivity index is 1.61. The van der Waals surface area contributed by atoms with Crippen LogP contribution in [-0.4, -0.2) is 34.7 Å². The van der Waals surface area contributed by atoms with Crippen molar-refractivity contribution in [1.82, 2.24) is 15.3 Å². The molecule has 2 aromatic heterocycles. The van der Waals surface area contributed by atoms with Gasteiger partial charge in [0.15, 0.2) is 0 Å². The van der Waals surface area contributed by atoms with Gasteiger partial charge in [0.25, 0.3) is 5.91 Å². The van der Waals surface area contributed by atoms with Crippen molar-refractivity contribution in [3.8, 4) is 17.0 Å². The fourth-order valence-electron chi connectivity index (χ4n) is 2.60. The molecule has 0 radical (unpaired) electrons. The van der Waals surface area contributed by atoms with Crippen LogP contribution in [0, 0.1) is 0 Å². The van der Waals surface area contributed by atoms with Gasteiger partial charge in [-0.25, -0.2) is 14.8 Å². The monoisotopic (exact) mass is 440 g/mol. The van der Waals surface area contributed by atoms with Crippen molar-refractivity contribution < 1.29 is 19.1 Å². The van der Waals surface area contributed by atoms with Gasteiger partial charge in [0.2, 0.25) is 0 Å². The SMILES string of the molecule is COc1ccc(-c2cc(NC(=O)c3cc(CNC(=O)OC(C)(C)C)cs3)ncn2)cc1. The summed E-state index contributed by atoms with van der Waals surface area (Å²) in [6.45, 7) is 5.67. The minimum absolute atomic E-state index is 0.272. The van der Waals surface area contributed by atoms with Crippen LogP contribution in [0.15, 0.2) is 48.1 Å². The van der Waals surface area contributed by atoms with E-state index in [1.807, 2.05) is 29.6 Å². The Hall–Kier alpha value is -3.46. The van der Waals surface area contributed by atoms with Gasteiger partial charge in [-0.15, -0.1) is 11.3 Å². The van der Waals surface area contributed by atoms with Crippen molar-refractivity contribution in [3.63, 3.8) is 0 Å². The van der Waals surface area contributed by atoms with E-state index in [0.717, 1.165) is 16.9 Å². The molecule has 31 heavy (non-hydrogen) atoms. The van der Waals surface area contributed by atoms with Gasteiger partial charge < -0.3 is 20.1 Å². The Labute approximate surface area is 184 Å². The number of ether oxygens (including phenoxy) is 2. The fraction of sp³-hybridized carbons (Fsp3) is 0.273. The van der Waals surface area contributed by atoms with E-state index in [4.69, 9.17) is 9.47 Å². The first kappa shape index (κ1) is 22.2. The van der Waals surface area contributed by atoms with Crippen molar-refractivity contribution in [2.24, 2.45) is 0 Å². The quantitative estimate of drug-likeness (QED) is 0.585. The summed E-state index contributed by atoms with van der Waals surface area (Å²) in [7, 11) is 1.61. The number of hydrogen-bond donors (Lipinski definition) is 2. The topological polar surface area (TPSA) is 102 Å². The lowest BCUT2D eigenvalue weighted by Gasteiger charge is -2.19. The number of nitrogens with zero attached hydrogens (tertiary/aromatic N) is 2. The van der Waals surface area contributed by atoms with Crippen molar-refractivity contribution in [3.05, 3.63) is 58.5 Å². The number of rotatable bonds is 6. The van der Waals surface area contributed by atoms with Crippen LogP contribution in [0.2, 0.25) is 0 Å². The predicted octanol–water partition coefficient (Wildman–Crippen LogP) is 4.49. The summed E-state index contributed by atoms with van der Waals surface area (Å²) < 4.78 is 10.4. The molecule has 0 aliphatic rings. The van der Waals surface area contributed by atoms with E-state index < -0.39 is 11.7 Å². The molecule has 0 saturated heterocycles. The predicted molar refractivity (Wildman–Crippen MR) is 119 cm³/mol. The van der Waals surface area contributed by atoms with Crippen LogP contribution in [0.5, 0.6) is 5.75 Å². The summed E-state index contributed by atoms with van der Waals surface area (Å²) in [5, 5.41) is 7.27. The molecule has 0 spiro atoms. The summed E-state index contributed by atoms with van der Waals surface area (Å²) in [4.78, 5) is 33.3. The maximum absolute atomic E-state index is 12.6. The Morgan fingerprint density at radius 3 is 2.52 bits per heavy atom. The van der Waals surface area contributed by atoms with Gasteiger partial charge in [0, 0.05) is 18.2 Å². The molecule has 0 aliphatic heterocycles. The number of anilines is 1. The molecule has 2 heterocycles. The molecule has 162 valence electrons. The van der Waals surface area contributed by atoms with Gasteiger partial charge in [0.05, 0.1) is 17.7 Å². The molecular formula is C22H24N4O4S. The number of aromatic nitrogens is 2. The molecule has 0 aliphatic carbocycles. The Morgan fingerprint density at radius 2 is 1.84 bits per heavy atom. The average Bonchev–Trinajstić information content (AvgIpc) is 3.21. The second kappa shape index (κ2) is 9.57. The van der Waals surface area contributed by atoms with Crippen LogP contribution in [0.25, 0.3) is 11.3 Å². The smallest absolute Gasteiger partial charge is 0.407 e. The molecule has 9 heteroatoms. The molecular weight excluding hydrogens is 416 g/mol. The largest absolute Gasteiger partial charge is 0.497 e. The normalized spacial score (nSPS) is 11.0.